The molecule has 1 atom stereocenters. The molecule has 10 heteroatoms. The van der Waals surface area contributed by atoms with Gasteiger partial charge in [-0.1, -0.05) is 29.8 Å². The number of nitrogens with zero attached hydrogens (tertiary/aromatic N) is 2. The Morgan fingerprint density at radius 3 is 2.63 bits per heavy atom. The van der Waals surface area contributed by atoms with Crippen molar-refractivity contribution in [3.05, 3.63) is 59.1 Å². The zero-order valence-electron chi connectivity index (χ0n) is 16.7. The van der Waals surface area contributed by atoms with Gasteiger partial charge < -0.3 is 15.5 Å². The van der Waals surface area contributed by atoms with E-state index in [-0.39, 0.29) is 28.9 Å². The first-order chi connectivity index (χ1) is 13.8. The molecular formula is C20H27ClIN5O2S. The van der Waals surface area contributed by atoms with Gasteiger partial charge in [0.15, 0.2) is 5.96 Å². The predicted molar refractivity (Wildman–Crippen MR) is 134 cm³/mol. The highest BCUT2D eigenvalue weighted by Gasteiger charge is 2.23. The highest BCUT2D eigenvalue weighted by atomic mass is 127. The number of halogens is 2. The second-order valence-corrected chi connectivity index (χ2v) is 8.99. The van der Waals surface area contributed by atoms with E-state index in [0.29, 0.717) is 12.6 Å². The molecule has 2 aromatic carbocycles. The Hall–Kier alpha value is -1.56. The van der Waals surface area contributed by atoms with E-state index >= 15 is 0 Å². The molecule has 1 unspecified atom stereocenters. The van der Waals surface area contributed by atoms with Gasteiger partial charge in [-0.05, 0) is 48.7 Å². The lowest BCUT2D eigenvalue weighted by molar-refractivity contribution is 0.598. The molecule has 7 nitrogen and oxygen atoms in total. The maximum Gasteiger partial charge on any atom is 0.238 e. The van der Waals surface area contributed by atoms with E-state index in [1.165, 1.54) is 12.1 Å². The molecule has 0 saturated carbocycles. The van der Waals surface area contributed by atoms with Crippen molar-refractivity contribution in [1.29, 1.82) is 0 Å². The second kappa shape index (κ2) is 11.2. The van der Waals surface area contributed by atoms with Crippen LogP contribution in [0.2, 0.25) is 5.02 Å². The molecule has 0 amide bonds. The van der Waals surface area contributed by atoms with Crippen molar-refractivity contribution in [3.8, 4) is 0 Å². The number of guanidine groups is 1. The molecule has 3 rings (SSSR count). The molecule has 164 valence electrons. The van der Waals surface area contributed by atoms with Gasteiger partial charge in [-0.2, -0.15) is 0 Å². The number of rotatable bonds is 6. The van der Waals surface area contributed by atoms with Gasteiger partial charge in [0.1, 0.15) is 0 Å². The van der Waals surface area contributed by atoms with Crippen LogP contribution in [0.1, 0.15) is 12.0 Å². The Labute approximate surface area is 200 Å². The van der Waals surface area contributed by atoms with Crippen molar-refractivity contribution in [2.45, 2.75) is 23.8 Å². The lowest BCUT2D eigenvalue weighted by Crippen LogP contribution is -2.45. The number of nitrogens with two attached hydrogens (primary N) is 1. The Morgan fingerprint density at radius 1 is 1.27 bits per heavy atom. The van der Waals surface area contributed by atoms with Gasteiger partial charge in [0.25, 0.3) is 0 Å². The Kier molecular flexibility index (Phi) is 9.20. The van der Waals surface area contributed by atoms with E-state index in [0.717, 1.165) is 48.2 Å². The largest absolute Gasteiger partial charge is 0.369 e. The van der Waals surface area contributed by atoms with Gasteiger partial charge in [-0.15, -0.1) is 24.0 Å². The summed E-state index contributed by atoms with van der Waals surface area (Å²) in [5.41, 5.74) is 2.15. The third-order valence-corrected chi connectivity index (χ3v) is 6.05. The van der Waals surface area contributed by atoms with Crippen LogP contribution < -0.4 is 20.7 Å². The van der Waals surface area contributed by atoms with Crippen molar-refractivity contribution in [2.24, 2.45) is 10.1 Å². The molecule has 0 spiro atoms. The maximum absolute atomic E-state index is 11.3. The Bertz CT molecular complexity index is 969. The summed E-state index contributed by atoms with van der Waals surface area (Å²) in [4.78, 5) is 6.73. The molecule has 0 aliphatic carbocycles. The molecule has 2 aromatic rings. The Balaban J connectivity index is 0.00000320. The average molecular weight is 564 g/mol. The minimum atomic E-state index is -3.65. The number of sulfonamides is 1. The summed E-state index contributed by atoms with van der Waals surface area (Å²) in [7, 11) is -1.90. The van der Waals surface area contributed by atoms with Crippen LogP contribution in [-0.2, 0) is 16.4 Å². The average Bonchev–Trinajstić information content (AvgIpc) is 3.15. The maximum atomic E-state index is 11.3. The van der Waals surface area contributed by atoms with Gasteiger partial charge >= 0.3 is 0 Å². The highest BCUT2D eigenvalue weighted by molar-refractivity contribution is 14.0. The molecule has 0 bridgehead atoms. The Morgan fingerprint density at radius 2 is 2.00 bits per heavy atom. The molecule has 4 N–H and O–H groups in total. The minimum Gasteiger partial charge on any atom is -0.369 e. The van der Waals surface area contributed by atoms with Crippen LogP contribution in [0.15, 0.2) is 58.4 Å². The quantitative estimate of drug-likeness (QED) is 0.285. The summed E-state index contributed by atoms with van der Waals surface area (Å²) >= 11 is 6.10. The highest BCUT2D eigenvalue weighted by Crippen LogP contribution is 2.23. The monoisotopic (exact) mass is 563 g/mol. The van der Waals surface area contributed by atoms with E-state index in [9.17, 15) is 8.42 Å². The van der Waals surface area contributed by atoms with Gasteiger partial charge in [0.05, 0.1) is 4.90 Å². The van der Waals surface area contributed by atoms with Crippen LogP contribution in [-0.4, -0.2) is 47.1 Å². The molecule has 0 aromatic heterocycles. The fourth-order valence-electron chi connectivity index (χ4n) is 3.34. The van der Waals surface area contributed by atoms with Crippen LogP contribution >= 0.6 is 35.6 Å². The number of aliphatic imine (C=N–C) groups is 1. The molecule has 1 fully saturated rings. The van der Waals surface area contributed by atoms with E-state index in [1.807, 2.05) is 18.2 Å². The summed E-state index contributed by atoms with van der Waals surface area (Å²) in [6, 6.07) is 14.8. The smallest absolute Gasteiger partial charge is 0.238 e. The number of nitrogens with one attached hydrogen (secondary N) is 2. The third-order valence-electron chi connectivity index (χ3n) is 4.88. The molecule has 0 radical (unpaired) electrons. The molecule has 1 saturated heterocycles. The number of primary sulfonamides is 1. The van der Waals surface area contributed by atoms with Crippen molar-refractivity contribution < 1.29 is 8.42 Å². The molecular weight excluding hydrogens is 537 g/mol. The number of hydrogen-bond donors (Lipinski definition) is 3. The lowest BCUT2D eigenvalue weighted by Gasteiger charge is -2.20. The van der Waals surface area contributed by atoms with Gasteiger partial charge in [0.2, 0.25) is 10.0 Å². The van der Waals surface area contributed by atoms with Crippen LogP contribution in [0.5, 0.6) is 0 Å². The first-order valence-electron chi connectivity index (χ1n) is 9.44. The molecule has 30 heavy (non-hydrogen) atoms. The van der Waals surface area contributed by atoms with Crippen molar-refractivity contribution >= 4 is 57.2 Å². The van der Waals surface area contributed by atoms with Crippen LogP contribution in [0, 0.1) is 0 Å². The summed E-state index contributed by atoms with van der Waals surface area (Å²) in [5, 5.41) is 12.6. The summed E-state index contributed by atoms with van der Waals surface area (Å²) in [6.07, 6.45) is 1.76. The van der Waals surface area contributed by atoms with Crippen LogP contribution in [0.4, 0.5) is 5.69 Å². The van der Waals surface area contributed by atoms with Crippen LogP contribution in [0.25, 0.3) is 0 Å². The summed E-state index contributed by atoms with van der Waals surface area (Å²) in [5.74, 6) is 0.754. The zero-order chi connectivity index (χ0) is 20.9. The fourth-order valence-corrected chi connectivity index (χ4v) is 4.04. The van der Waals surface area contributed by atoms with Crippen molar-refractivity contribution in [2.75, 3.05) is 31.6 Å². The summed E-state index contributed by atoms with van der Waals surface area (Å²) < 4.78 is 22.6. The minimum absolute atomic E-state index is 0. The number of benzene rings is 2. The third kappa shape index (κ3) is 7.00. The lowest BCUT2D eigenvalue weighted by atomic mass is 10.1. The predicted octanol–water partition coefficient (Wildman–Crippen LogP) is 2.59. The SMILES string of the molecule is CN=C(NCCc1ccc(S(N)(=O)=O)cc1)NC1CCN(c2cccc(Cl)c2)C1.I. The van der Waals surface area contributed by atoms with Gasteiger partial charge in [0, 0.05) is 43.4 Å². The normalized spacial score (nSPS) is 16.8. The number of hydrogen-bond acceptors (Lipinski definition) is 4. The van der Waals surface area contributed by atoms with Gasteiger partial charge in [-0.25, -0.2) is 13.6 Å². The van der Waals surface area contributed by atoms with Gasteiger partial charge in [-0.3, -0.25) is 4.99 Å². The fraction of sp³-hybridized carbons (Fsp3) is 0.350. The molecule has 1 heterocycles. The molecule has 1 aliphatic heterocycles. The topological polar surface area (TPSA) is 99.8 Å². The first-order valence-corrected chi connectivity index (χ1v) is 11.4. The van der Waals surface area contributed by atoms with E-state index in [1.54, 1.807) is 19.2 Å². The zero-order valence-corrected chi connectivity index (χ0v) is 20.6. The second-order valence-electron chi connectivity index (χ2n) is 6.99. The summed E-state index contributed by atoms with van der Waals surface area (Å²) in [6.45, 7) is 2.53. The van der Waals surface area contributed by atoms with Crippen molar-refractivity contribution in [3.63, 3.8) is 0 Å². The van der Waals surface area contributed by atoms with Crippen LogP contribution in [0.3, 0.4) is 0 Å². The van der Waals surface area contributed by atoms with E-state index in [4.69, 9.17) is 16.7 Å². The standard InChI is InChI=1S/C20H26ClN5O2S.HI/c1-23-20(24-11-9-15-5-7-19(8-6-15)29(22,27)28)25-17-10-12-26(14-17)18-4-2-3-16(21)13-18;/h2-8,13,17H,9-12,14H2,1H3,(H2,22,27,28)(H2,23,24,25);1H. The van der Waals surface area contributed by atoms with Crippen molar-refractivity contribution in [1.82, 2.24) is 10.6 Å². The number of anilines is 1. The first kappa shape index (κ1) is 24.7. The van der Waals surface area contributed by atoms with E-state index in [2.05, 4.69) is 26.6 Å². The van der Waals surface area contributed by atoms with E-state index < -0.39 is 10.0 Å². The molecule has 1 aliphatic rings.